The summed E-state index contributed by atoms with van der Waals surface area (Å²) >= 11 is 1.47. The maximum atomic E-state index is 12.7. The van der Waals surface area contributed by atoms with Crippen molar-refractivity contribution in [2.24, 2.45) is 0 Å². The van der Waals surface area contributed by atoms with Crippen molar-refractivity contribution in [1.82, 2.24) is 19.7 Å². The fraction of sp³-hybridized carbons (Fsp3) is 0.364. The zero-order chi connectivity index (χ0) is 19.5. The lowest BCUT2D eigenvalue weighted by atomic mass is 9.97. The molecular formula is C22H24N4OS. The number of pyridine rings is 1. The SMILES string of the molecule is CC[C@@H](C)c1ccc(C(=O)CSc2nnc(-c3ccncc3)n2C2CC2)cc1. The number of aromatic nitrogens is 4. The molecule has 5 nitrogen and oxygen atoms in total. The van der Waals surface area contributed by atoms with Gasteiger partial charge in [-0.25, -0.2) is 0 Å². The smallest absolute Gasteiger partial charge is 0.192 e. The first-order valence-electron chi connectivity index (χ1n) is 9.78. The van der Waals surface area contributed by atoms with Crippen LogP contribution in [0.15, 0.2) is 53.9 Å². The van der Waals surface area contributed by atoms with Gasteiger partial charge in [-0.1, -0.05) is 49.9 Å². The molecule has 1 atom stereocenters. The summed E-state index contributed by atoms with van der Waals surface area (Å²) in [6.45, 7) is 4.38. The summed E-state index contributed by atoms with van der Waals surface area (Å²) in [4.78, 5) is 16.7. The van der Waals surface area contributed by atoms with E-state index in [0.29, 0.717) is 17.7 Å². The molecule has 4 rings (SSSR count). The third kappa shape index (κ3) is 4.02. The number of ketones is 1. The van der Waals surface area contributed by atoms with E-state index in [1.54, 1.807) is 12.4 Å². The molecule has 0 saturated heterocycles. The van der Waals surface area contributed by atoms with Crippen molar-refractivity contribution in [3.8, 4) is 11.4 Å². The maximum Gasteiger partial charge on any atom is 0.192 e. The Hall–Kier alpha value is -2.47. The topological polar surface area (TPSA) is 60.7 Å². The van der Waals surface area contributed by atoms with Crippen LogP contribution < -0.4 is 0 Å². The van der Waals surface area contributed by atoms with E-state index in [2.05, 4.69) is 45.7 Å². The van der Waals surface area contributed by atoms with Crippen LogP contribution in [0.5, 0.6) is 0 Å². The van der Waals surface area contributed by atoms with E-state index in [1.165, 1.54) is 17.3 Å². The van der Waals surface area contributed by atoms with Crippen molar-refractivity contribution < 1.29 is 4.79 Å². The number of hydrogen-bond acceptors (Lipinski definition) is 5. The van der Waals surface area contributed by atoms with Crippen molar-refractivity contribution in [2.75, 3.05) is 5.75 Å². The van der Waals surface area contributed by atoms with Crippen LogP contribution >= 0.6 is 11.8 Å². The van der Waals surface area contributed by atoms with Gasteiger partial charge >= 0.3 is 0 Å². The minimum Gasteiger partial charge on any atom is -0.299 e. The van der Waals surface area contributed by atoms with Crippen LogP contribution in [0.4, 0.5) is 0 Å². The highest BCUT2D eigenvalue weighted by atomic mass is 32.2. The van der Waals surface area contributed by atoms with E-state index in [1.807, 2.05) is 24.3 Å². The minimum atomic E-state index is 0.122. The van der Waals surface area contributed by atoms with Crippen molar-refractivity contribution >= 4 is 17.5 Å². The van der Waals surface area contributed by atoms with E-state index in [4.69, 9.17) is 0 Å². The molecule has 1 aliphatic carbocycles. The number of carbonyl (C=O) groups excluding carboxylic acids is 1. The highest BCUT2D eigenvalue weighted by molar-refractivity contribution is 7.99. The van der Waals surface area contributed by atoms with E-state index in [9.17, 15) is 4.79 Å². The average Bonchev–Trinajstić information content (AvgIpc) is 3.51. The van der Waals surface area contributed by atoms with Gasteiger partial charge in [-0.05, 0) is 42.9 Å². The van der Waals surface area contributed by atoms with Crippen LogP contribution in [0, 0.1) is 0 Å². The molecule has 144 valence electrons. The second kappa shape index (κ2) is 8.27. The van der Waals surface area contributed by atoms with Gasteiger partial charge in [0.25, 0.3) is 0 Å². The third-order valence-corrected chi connectivity index (χ3v) is 6.20. The van der Waals surface area contributed by atoms with Crippen LogP contribution in [0.3, 0.4) is 0 Å². The van der Waals surface area contributed by atoms with Crippen LogP contribution in [0.1, 0.15) is 61.0 Å². The lowest BCUT2D eigenvalue weighted by molar-refractivity contribution is 0.102. The number of thioether (sulfide) groups is 1. The molecule has 0 amide bonds. The Bertz CT molecular complexity index is 948. The van der Waals surface area contributed by atoms with E-state index < -0.39 is 0 Å². The minimum absolute atomic E-state index is 0.122. The molecule has 2 heterocycles. The quantitative estimate of drug-likeness (QED) is 0.391. The highest BCUT2D eigenvalue weighted by Crippen LogP contribution is 2.41. The predicted molar refractivity (Wildman–Crippen MR) is 112 cm³/mol. The van der Waals surface area contributed by atoms with Crippen LogP contribution in [-0.2, 0) is 0 Å². The molecule has 2 aromatic heterocycles. The highest BCUT2D eigenvalue weighted by Gasteiger charge is 2.30. The molecule has 0 spiro atoms. The summed E-state index contributed by atoms with van der Waals surface area (Å²) < 4.78 is 2.18. The average molecular weight is 393 g/mol. The Labute approximate surface area is 169 Å². The first kappa shape index (κ1) is 18.9. The first-order chi connectivity index (χ1) is 13.7. The molecule has 0 radical (unpaired) electrons. The number of rotatable bonds is 8. The number of carbonyl (C=O) groups is 1. The van der Waals surface area contributed by atoms with Crippen molar-refractivity contribution in [2.45, 2.75) is 50.2 Å². The largest absolute Gasteiger partial charge is 0.299 e. The Morgan fingerprint density at radius 3 is 2.50 bits per heavy atom. The molecule has 1 aliphatic rings. The Balaban J connectivity index is 1.48. The summed E-state index contributed by atoms with van der Waals surface area (Å²) in [5.74, 6) is 1.86. The normalized spacial score (nSPS) is 14.8. The zero-order valence-electron chi connectivity index (χ0n) is 16.2. The number of benzene rings is 1. The molecule has 0 N–H and O–H groups in total. The fourth-order valence-corrected chi connectivity index (χ4v) is 4.08. The Morgan fingerprint density at radius 2 is 1.86 bits per heavy atom. The summed E-state index contributed by atoms with van der Waals surface area (Å²) in [5, 5.41) is 9.58. The van der Waals surface area contributed by atoms with Gasteiger partial charge in [0.15, 0.2) is 16.8 Å². The van der Waals surface area contributed by atoms with Gasteiger partial charge in [0.2, 0.25) is 0 Å². The Kier molecular flexibility index (Phi) is 5.57. The van der Waals surface area contributed by atoms with Gasteiger partial charge in [0.05, 0.1) is 5.75 Å². The standard InChI is InChI=1S/C22H24N4OS/c1-3-15(2)16-4-6-17(7-5-16)20(27)14-28-22-25-24-21(26(22)19-8-9-19)18-10-12-23-13-11-18/h4-7,10-13,15,19H,3,8-9,14H2,1-2H3/t15-/m1/s1. The van der Waals surface area contributed by atoms with Gasteiger partial charge in [-0.15, -0.1) is 10.2 Å². The molecule has 0 bridgehead atoms. The molecule has 1 fully saturated rings. The fourth-order valence-electron chi connectivity index (χ4n) is 3.18. The van der Waals surface area contributed by atoms with Crippen molar-refractivity contribution in [1.29, 1.82) is 0 Å². The van der Waals surface area contributed by atoms with E-state index in [-0.39, 0.29) is 5.78 Å². The third-order valence-electron chi connectivity index (χ3n) is 5.26. The van der Waals surface area contributed by atoms with Gasteiger partial charge in [0.1, 0.15) is 0 Å². The van der Waals surface area contributed by atoms with Gasteiger partial charge in [0, 0.05) is 29.6 Å². The summed E-state index contributed by atoms with van der Waals surface area (Å²) in [5.41, 5.74) is 3.04. The molecule has 6 heteroatoms. The second-order valence-corrected chi connectivity index (χ2v) is 8.23. The number of hydrogen-bond donors (Lipinski definition) is 0. The van der Waals surface area contributed by atoms with Gasteiger partial charge < -0.3 is 0 Å². The molecule has 1 aromatic carbocycles. The van der Waals surface area contributed by atoms with E-state index >= 15 is 0 Å². The van der Waals surface area contributed by atoms with Crippen LogP contribution in [0.25, 0.3) is 11.4 Å². The summed E-state index contributed by atoms with van der Waals surface area (Å²) in [6, 6.07) is 12.4. The van der Waals surface area contributed by atoms with Gasteiger partial charge in [-0.3, -0.25) is 14.3 Å². The van der Waals surface area contributed by atoms with Gasteiger partial charge in [-0.2, -0.15) is 0 Å². The molecule has 28 heavy (non-hydrogen) atoms. The summed E-state index contributed by atoms with van der Waals surface area (Å²) in [7, 11) is 0. The van der Waals surface area contributed by atoms with Crippen LogP contribution in [-0.4, -0.2) is 31.3 Å². The first-order valence-corrected chi connectivity index (χ1v) is 10.8. The van der Waals surface area contributed by atoms with Crippen molar-refractivity contribution in [3.63, 3.8) is 0 Å². The second-order valence-electron chi connectivity index (χ2n) is 7.29. The Morgan fingerprint density at radius 1 is 1.14 bits per heavy atom. The van der Waals surface area contributed by atoms with Crippen molar-refractivity contribution in [3.05, 3.63) is 59.9 Å². The zero-order valence-corrected chi connectivity index (χ0v) is 17.0. The molecule has 1 saturated carbocycles. The molecule has 3 aromatic rings. The lowest BCUT2D eigenvalue weighted by Crippen LogP contribution is -2.05. The van der Waals surface area contributed by atoms with E-state index in [0.717, 1.165) is 41.4 Å². The molecular weight excluding hydrogens is 368 g/mol. The monoisotopic (exact) mass is 392 g/mol. The number of nitrogens with zero attached hydrogens (tertiary/aromatic N) is 4. The summed E-state index contributed by atoms with van der Waals surface area (Å²) in [6.07, 6.45) is 6.89. The number of Topliss-reactive ketones (excluding diaryl/α,β-unsaturated/α-hetero) is 1. The maximum absolute atomic E-state index is 12.7. The lowest BCUT2D eigenvalue weighted by Gasteiger charge is -2.10. The predicted octanol–water partition coefficient (Wildman–Crippen LogP) is 5.16. The molecule has 0 unspecified atom stereocenters. The van der Waals surface area contributed by atoms with Crippen LogP contribution in [0.2, 0.25) is 0 Å². The molecule has 0 aliphatic heterocycles.